The van der Waals surface area contributed by atoms with E-state index in [1.165, 1.54) is 0 Å². The summed E-state index contributed by atoms with van der Waals surface area (Å²) >= 11 is 5.06. The largest absolute Gasteiger partial charge is 0.496 e. The zero-order chi connectivity index (χ0) is 12.3. The van der Waals surface area contributed by atoms with Gasteiger partial charge in [-0.2, -0.15) is 0 Å². The summed E-state index contributed by atoms with van der Waals surface area (Å²) in [6.07, 6.45) is 0.0769. The Labute approximate surface area is 113 Å². The van der Waals surface area contributed by atoms with Crippen LogP contribution in [0, 0.1) is 0 Å². The fourth-order valence-electron chi connectivity index (χ4n) is 1.70. The molecule has 0 aliphatic carbocycles. The van der Waals surface area contributed by atoms with Crippen LogP contribution in [0.4, 0.5) is 0 Å². The van der Waals surface area contributed by atoms with Crippen LogP contribution in [0.2, 0.25) is 0 Å². The molecule has 1 aromatic heterocycles. The van der Waals surface area contributed by atoms with Gasteiger partial charge in [0.15, 0.2) is 0 Å². The summed E-state index contributed by atoms with van der Waals surface area (Å²) in [5, 5.41) is 10.2. The molecule has 0 fully saturated rings. The standard InChI is InChI=1S/C13H13BrO2S/c1-16-12-5-3-2-4-10(12)11(15)8-9-6-7-13(14)17-9/h2-7,11,15H,8H2,1H3. The van der Waals surface area contributed by atoms with Crippen molar-refractivity contribution >= 4 is 27.3 Å². The van der Waals surface area contributed by atoms with Gasteiger partial charge in [-0.15, -0.1) is 11.3 Å². The van der Waals surface area contributed by atoms with Gasteiger partial charge in [0.2, 0.25) is 0 Å². The number of thiophene rings is 1. The van der Waals surface area contributed by atoms with Crippen molar-refractivity contribution in [3.63, 3.8) is 0 Å². The van der Waals surface area contributed by atoms with Crippen LogP contribution in [0.25, 0.3) is 0 Å². The van der Waals surface area contributed by atoms with Gasteiger partial charge < -0.3 is 9.84 Å². The second-order valence-corrected chi connectivity index (χ2v) is 6.22. The number of benzene rings is 1. The highest BCUT2D eigenvalue weighted by Gasteiger charge is 2.14. The zero-order valence-electron chi connectivity index (χ0n) is 9.39. The van der Waals surface area contributed by atoms with Crippen molar-refractivity contribution in [2.24, 2.45) is 0 Å². The Morgan fingerprint density at radius 2 is 2.06 bits per heavy atom. The van der Waals surface area contributed by atoms with E-state index in [0.29, 0.717) is 6.42 Å². The number of halogens is 1. The number of hydrogen-bond acceptors (Lipinski definition) is 3. The van der Waals surface area contributed by atoms with Gasteiger partial charge in [-0.25, -0.2) is 0 Å². The smallest absolute Gasteiger partial charge is 0.124 e. The highest BCUT2D eigenvalue weighted by Crippen LogP contribution is 2.30. The Morgan fingerprint density at radius 3 is 2.71 bits per heavy atom. The van der Waals surface area contributed by atoms with Gasteiger partial charge in [-0.1, -0.05) is 18.2 Å². The van der Waals surface area contributed by atoms with E-state index in [-0.39, 0.29) is 0 Å². The number of rotatable bonds is 4. The lowest BCUT2D eigenvalue weighted by molar-refractivity contribution is 0.175. The Kier molecular flexibility index (Phi) is 4.20. The highest BCUT2D eigenvalue weighted by atomic mass is 79.9. The number of aliphatic hydroxyl groups is 1. The number of hydrogen-bond donors (Lipinski definition) is 1. The molecule has 0 spiro atoms. The fraction of sp³-hybridized carbons (Fsp3) is 0.231. The summed E-state index contributed by atoms with van der Waals surface area (Å²) in [6.45, 7) is 0. The number of aliphatic hydroxyl groups excluding tert-OH is 1. The summed E-state index contributed by atoms with van der Waals surface area (Å²) < 4.78 is 6.33. The van der Waals surface area contributed by atoms with Gasteiger partial charge in [-0.05, 0) is 34.1 Å². The first-order valence-electron chi connectivity index (χ1n) is 5.26. The van der Waals surface area contributed by atoms with E-state index in [4.69, 9.17) is 4.74 Å². The quantitative estimate of drug-likeness (QED) is 0.930. The molecule has 2 rings (SSSR count). The van der Waals surface area contributed by atoms with E-state index >= 15 is 0 Å². The van der Waals surface area contributed by atoms with Gasteiger partial charge in [0.05, 0.1) is 17.0 Å². The van der Waals surface area contributed by atoms with Crippen molar-refractivity contribution in [1.82, 2.24) is 0 Å². The molecular weight excluding hydrogens is 300 g/mol. The molecule has 0 saturated carbocycles. The van der Waals surface area contributed by atoms with E-state index in [0.717, 1.165) is 20.0 Å². The van der Waals surface area contributed by atoms with Crippen LogP contribution in [0.5, 0.6) is 5.75 Å². The van der Waals surface area contributed by atoms with E-state index in [1.54, 1.807) is 18.4 Å². The third-order valence-corrected chi connectivity index (χ3v) is 4.17. The molecule has 0 saturated heterocycles. The molecule has 0 bridgehead atoms. The molecule has 0 radical (unpaired) electrons. The maximum Gasteiger partial charge on any atom is 0.124 e. The molecule has 0 amide bonds. The van der Waals surface area contributed by atoms with Crippen molar-refractivity contribution < 1.29 is 9.84 Å². The first kappa shape index (κ1) is 12.6. The fourth-order valence-corrected chi connectivity index (χ4v) is 3.22. The molecule has 1 unspecified atom stereocenters. The summed E-state index contributed by atoms with van der Waals surface area (Å²) in [7, 11) is 1.62. The minimum atomic E-state index is -0.531. The average Bonchev–Trinajstić information content (AvgIpc) is 2.74. The summed E-state index contributed by atoms with van der Waals surface area (Å²) in [6, 6.07) is 11.6. The van der Waals surface area contributed by atoms with Crippen molar-refractivity contribution in [2.75, 3.05) is 7.11 Å². The third kappa shape index (κ3) is 3.09. The first-order chi connectivity index (χ1) is 8.20. The number of para-hydroxylation sites is 1. The summed E-state index contributed by atoms with van der Waals surface area (Å²) in [5.41, 5.74) is 0.833. The van der Waals surface area contributed by atoms with Gasteiger partial charge in [0.25, 0.3) is 0 Å². The van der Waals surface area contributed by atoms with Crippen LogP contribution in [0.3, 0.4) is 0 Å². The maximum atomic E-state index is 10.2. The van der Waals surface area contributed by atoms with Crippen molar-refractivity contribution in [1.29, 1.82) is 0 Å². The molecule has 1 N–H and O–H groups in total. The molecule has 0 aliphatic heterocycles. The number of methoxy groups -OCH3 is 1. The average molecular weight is 313 g/mol. The Balaban J connectivity index is 2.16. The molecular formula is C13H13BrO2S. The Morgan fingerprint density at radius 1 is 1.29 bits per heavy atom. The molecule has 1 atom stereocenters. The molecule has 0 aliphatic rings. The van der Waals surface area contributed by atoms with Crippen LogP contribution in [0.15, 0.2) is 40.2 Å². The van der Waals surface area contributed by atoms with Crippen LogP contribution in [-0.4, -0.2) is 12.2 Å². The SMILES string of the molecule is COc1ccccc1C(O)Cc1ccc(Br)s1. The van der Waals surface area contributed by atoms with Gasteiger partial charge >= 0.3 is 0 Å². The minimum absolute atomic E-state index is 0.531. The molecule has 90 valence electrons. The number of ether oxygens (including phenoxy) is 1. The monoisotopic (exact) mass is 312 g/mol. The Bertz CT molecular complexity index is 496. The van der Waals surface area contributed by atoms with Crippen molar-refractivity contribution in [3.05, 3.63) is 50.6 Å². The van der Waals surface area contributed by atoms with Gasteiger partial charge in [0, 0.05) is 16.9 Å². The van der Waals surface area contributed by atoms with E-state index in [1.807, 2.05) is 36.4 Å². The third-order valence-electron chi connectivity index (χ3n) is 2.52. The van der Waals surface area contributed by atoms with Crippen LogP contribution < -0.4 is 4.74 Å². The second kappa shape index (κ2) is 5.67. The van der Waals surface area contributed by atoms with Crippen molar-refractivity contribution in [3.8, 4) is 5.75 Å². The lowest BCUT2D eigenvalue weighted by Crippen LogP contribution is -2.02. The van der Waals surface area contributed by atoms with Crippen LogP contribution in [-0.2, 0) is 6.42 Å². The first-order valence-corrected chi connectivity index (χ1v) is 6.87. The minimum Gasteiger partial charge on any atom is -0.496 e. The van der Waals surface area contributed by atoms with E-state index in [9.17, 15) is 5.11 Å². The summed E-state index contributed by atoms with van der Waals surface area (Å²) in [4.78, 5) is 1.15. The second-order valence-electron chi connectivity index (χ2n) is 3.67. The van der Waals surface area contributed by atoms with Crippen LogP contribution in [0.1, 0.15) is 16.5 Å². The molecule has 17 heavy (non-hydrogen) atoms. The summed E-state index contributed by atoms with van der Waals surface area (Å²) in [5.74, 6) is 0.732. The topological polar surface area (TPSA) is 29.5 Å². The molecule has 2 nitrogen and oxygen atoms in total. The molecule has 1 aromatic carbocycles. The normalized spacial score (nSPS) is 12.4. The lowest BCUT2D eigenvalue weighted by Gasteiger charge is -2.13. The van der Waals surface area contributed by atoms with E-state index in [2.05, 4.69) is 15.9 Å². The van der Waals surface area contributed by atoms with Gasteiger partial charge in [0.1, 0.15) is 5.75 Å². The maximum absolute atomic E-state index is 10.2. The van der Waals surface area contributed by atoms with E-state index < -0.39 is 6.10 Å². The predicted octanol–water partition coefficient (Wildman–Crippen LogP) is 3.80. The predicted molar refractivity (Wildman–Crippen MR) is 73.7 cm³/mol. The molecule has 2 aromatic rings. The van der Waals surface area contributed by atoms with Crippen LogP contribution >= 0.6 is 27.3 Å². The van der Waals surface area contributed by atoms with Crippen molar-refractivity contribution in [2.45, 2.75) is 12.5 Å². The lowest BCUT2D eigenvalue weighted by atomic mass is 10.0. The van der Waals surface area contributed by atoms with Gasteiger partial charge in [-0.3, -0.25) is 0 Å². The zero-order valence-corrected chi connectivity index (χ0v) is 11.8. The molecule has 1 heterocycles. The Hall–Kier alpha value is -0.840. The highest BCUT2D eigenvalue weighted by molar-refractivity contribution is 9.11. The molecule has 4 heteroatoms.